The molecule has 0 spiro atoms. The van der Waals surface area contributed by atoms with Gasteiger partial charge in [0.1, 0.15) is 28.1 Å². The van der Waals surface area contributed by atoms with Crippen LogP contribution in [0.15, 0.2) is 48.0 Å². The molecule has 0 amide bonds. The molecule has 0 atom stereocenters. The number of allylic oxidation sites excluding steroid dienone is 1. The summed E-state index contributed by atoms with van der Waals surface area (Å²) < 4.78 is 5.03. The molecule has 8 heteroatoms. The molecule has 1 heterocycles. The number of anilines is 1. The van der Waals surface area contributed by atoms with Crippen molar-refractivity contribution in [2.24, 2.45) is 0 Å². The number of hydrogen-bond acceptors (Lipinski definition) is 7. The van der Waals surface area contributed by atoms with Crippen molar-refractivity contribution in [3.8, 4) is 23.1 Å². The van der Waals surface area contributed by atoms with Gasteiger partial charge in [-0.3, -0.25) is 10.1 Å². The number of ether oxygens (including phenoxy) is 1. The summed E-state index contributed by atoms with van der Waals surface area (Å²) in [6, 6.07) is 12.7. The number of rotatable bonds is 6. The van der Waals surface area contributed by atoms with Crippen molar-refractivity contribution >= 4 is 28.3 Å². The molecule has 3 rings (SSSR count). The van der Waals surface area contributed by atoms with Crippen molar-refractivity contribution in [3.05, 3.63) is 74.2 Å². The fourth-order valence-electron chi connectivity index (χ4n) is 2.63. The number of nitro benzene ring substituents is 1. The highest BCUT2D eigenvalue weighted by atomic mass is 32.1. The number of nitriles is 1. The van der Waals surface area contributed by atoms with Crippen LogP contribution in [0.4, 0.5) is 11.4 Å². The van der Waals surface area contributed by atoms with Gasteiger partial charge in [0, 0.05) is 17.1 Å². The van der Waals surface area contributed by atoms with Crippen LogP contribution in [0.25, 0.3) is 16.8 Å². The Bertz CT molecular complexity index is 1150. The molecule has 146 valence electrons. The van der Waals surface area contributed by atoms with E-state index in [0.717, 1.165) is 11.3 Å². The molecular formula is C21H18N4O3S. The van der Waals surface area contributed by atoms with E-state index in [1.54, 1.807) is 6.07 Å². The topological polar surface area (TPSA) is 101 Å². The van der Waals surface area contributed by atoms with Gasteiger partial charge in [-0.05, 0) is 43.2 Å². The lowest BCUT2D eigenvalue weighted by atomic mass is 10.1. The lowest BCUT2D eigenvalue weighted by Crippen LogP contribution is -1.98. The van der Waals surface area contributed by atoms with E-state index >= 15 is 0 Å². The van der Waals surface area contributed by atoms with E-state index < -0.39 is 4.92 Å². The van der Waals surface area contributed by atoms with Crippen LogP contribution in [0.1, 0.15) is 16.1 Å². The maximum absolute atomic E-state index is 11.3. The van der Waals surface area contributed by atoms with Gasteiger partial charge in [-0.2, -0.15) is 5.26 Å². The van der Waals surface area contributed by atoms with Crippen LogP contribution in [0.2, 0.25) is 0 Å². The zero-order valence-electron chi connectivity index (χ0n) is 16.1. The molecule has 0 bridgehead atoms. The van der Waals surface area contributed by atoms with Gasteiger partial charge >= 0.3 is 0 Å². The van der Waals surface area contributed by atoms with E-state index in [-0.39, 0.29) is 16.9 Å². The van der Waals surface area contributed by atoms with Crippen molar-refractivity contribution in [1.82, 2.24) is 4.98 Å². The number of nitro groups is 1. The van der Waals surface area contributed by atoms with Crippen LogP contribution in [0.3, 0.4) is 0 Å². The fourth-order valence-corrected chi connectivity index (χ4v) is 3.43. The van der Waals surface area contributed by atoms with E-state index in [4.69, 9.17) is 4.74 Å². The molecule has 0 aliphatic carbocycles. The normalized spacial score (nSPS) is 11.0. The van der Waals surface area contributed by atoms with Crippen molar-refractivity contribution in [3.63, 3.8) is 0 Å². The molecular weight excluding hydrogens is 388 g/mol. The van der Waals surface area contributed by atoms with E-state index in [1.807, 2.05) is 31.4 Å². The molecule has 0 fully saturated rings. The van der Waals surface area contributed by atoms with Gasteiger partial charge in [-0.25, -0.2) is 4.98 Å². The third-order valence-corrected chi connectivity index (χ3v) is 5.31. The first kappa shape index (κ1) is 20.0. The Balaban J connectivity index is 1.88. The van der Waals surface area contributed by atoms with E-state index in [9.17, 15) is 15.4 Å². The third kappa shape index (κ3) is 4.42. The number of nitrogens with zero attached hydrogens (tertiary/aromatic N) is 3. The zero-order chi connectivity index (χ0) is 21.0. The van der Waals surface area contributed by atoms with E-state index in [2.05, 4.69) is 22.4 Å². The highest BCUT2D eigenvalue weighted by molar-refractivity contribution is 7.11. The highest BCUT2D eigenvalue weighted by Crippen LogP contribution is 2.31. The molecule has 1 aromatic heterocycles. The van der Waals surface area contributed by atoms with Crippen LogP contribution < -0.4 is 10.1 Å². The van der Waals surface area contributed by atoms with Gasteiger partial charge in [-0.1, -0.05) is 12.1 Å². The van der Waals surface area contributed by atoms with Gasteiger partial charge in [0.25, 0.3) is 5.69 Å². The summed E-state index contributed by atoms with van der Waals surface area (Å²) in [5.74, 6) is 0.379. The summed E-state index contributed by atoms with van der Waals surface area (Å²) >= 11 is 1.34. The number of benzene rings is 2. The first-order chi connectivity index (χ1) is 13.9. The Morgan fingerprint density at radius 2 is 2.07 bits per heavy atom. The van der Waals surface area contributed by atoms with Gasteiger partial charge in [0.05, 0.1) is 23.8 Å². The number of nitrogens with one attached hydrogen (secondary N) is 1. The average Bonchev–Trinajstić information content (AvgIpc) is 3.20. The van der Waals surface area contributed by atoms with Crippen molar-refractivity contribution in [2.75, 3.05) is 12.4 Å². The SMILES string of the molecule is COc1ccc(NC=C(C#N)c2nc(-c3ccc(C)c(C)c3)cs2)c([N+](=O)[O-])c1. The summed E-state index contributed by atoms with van der Waals surface area (Å²) in [5.41, 5.74) is 4.53. The summed E-state index contributed by atoms with van der Waals surface area (Å²) in [7, 11) is 1.44. The number of thiazole rings is 1. The Kier molecular flexibility index (Phi) is 5.90. The van der Waals surface area contributed by atoms with Crippen molar-refractivity contribution in [2.45, 2.75) is 13.8 Å². The Morgan fingerprint density at radius 1 is 1.28 bits per heavy atom. The first-order valence-electron chi connectivity index (χ1n) is 8.65. The second kappa shape index (κ2) is 8.54. The predicted octanol–water partition coefficient (Wildman–Crippen LogP) is 5.32. The molecule has 0 saturated heterocycles. The molecule has 0 saturated carbocycles. The minimum atomic E-state index is -0.508. The first-order valence-corrected chi connectivity index (χ1v) is 9.53. The summed E-state index contributed by atoms with van der Waals surface area (Å²) in [5, 5.41) is 26.1. The number of aryl methyl sites for hydroxylation is 2. The molecule has 29 heavy (non-hydrogen) atoms. The van der Waals surface area contributed by atoms with Crippen LogP contribution in [-0.4, -0.2) is 17.0 Å². The van der Waals surface area contributed by atoms with Crippen LogP contribution in [0, 0.1) is 35.3 Å². The second-order valence-electron chi connectivity index (χ2n) is 6.29. The minimum absolute atomic E-state index is 0.146. The van der Waals surface area contributed by atoms with Crippen LogP contribution in [-0.2, 0) is 0 Å². The van der Waals surface area contributed by atoms with Gasteiger partial charge < -0.3 is 10.1 Å². The predicted molar refractivity (Wildman–Crippen MR) is 114 cm³/mol. The fraction of sp³-hybridized carbons (Fsp3) is 0.143. The maximum Gasteiger partial charge on any atom is 0.296 e. The quantitative estimate of drug-likeness (QED) is 0.338. The Labute approximate surface area is 172 Å². The van der Waals surface area contributed by atoms with Gasteiger partial charge in [0.2, 0.25) is 0 Å². The lowest BCUT2D eigenvalue weighted by molar-refractivity contribution is -0.384. The molecule has 7 nitrogen and oxygen atoms in total. The zero-order valence-corrected chi connectivity index (χ0v) is 16.9. The molecule has 2 aromatic carbocycles. The van der Waals surface area contributed by atoms with E-state index in [0.29, 0.717) is 10.8 Å². The van der Waals surface area contributed by atoms with Crippen LogP contribution >= 0.6 is 11.3 Å². The number of methoxy groups -OCH3 is 1. The summed E-state index contributed by atoms with van der Waals surface area (Å²) in [4.78, 5) is 15.3. The van der Waals surface area contributed by atoms with Crippen molar-refractivity contribution in [1.29, 1.82) is 5.26 Å². The molecule has 0 radical (unpaired) electrons. The van der Waals surface area contributed by atoms with Crippen molar-refractivity contribution < 1.29 is 9.66 Å². The Hall–Kier alpha value is -3.70. The van der Waals surface area contributed by atoms with Crippen LogP contribution in [0.5, 0.6) is 5.75 Å². The van der Waals surface area contributed by atoms with Gasteiger partial charge in [-0.15, -0.1) is 11.3 Å². The number of aromatic nitrogens is 1. The molecule has 0 aliphatic heterocycles. The lowest BCUT2D eigenvalue weighted by Gasteiger charge is -2.05. The highest BCUT2D eigenvalue weighted by Gasteiger charge is 2.15. The molecule has 3 aromatic rings. The summed E-state index contributed by atoms with van der Waals surface area (Å²) in [6.45, 7) is 4.09. The molecule has 0 unspecified atom stereocenters. The average molecular weight is 406 g/mol. The minimum Gasteiger partial charge on any atom is -0.496 e. The molecule has 1 N–H and O–H groups in total. The smallest absolute Gasteiger partial charge is 0.296 e. The Morgan fingerprint density at radius 3 is 2.72 bits per heavy atom. The largest absolute Gasteiger partial charge is 0.496 e. The maximum atomic E-state index is 11.3. The second-order valence-corrected chi connectivity index (χ2v) is 7.15. The third-order valence-electron chi connectivity index (χ3n) is 4.43. The summed E-state index contributed by atoms with van der Waals surface area (Å²) in [6.07, 6.45) is 1.43. The van der Waals surface area contributed by atoms with Gasteiger partial charge in [0.15, 0.2) is 0 Å². The molecule has 0 aliphatic rings. The monoisotopic (exact) mass is 406 g/mol. The number of hydrogen-bond donors (Lipinski definition) is 1. The standard InChI is InChI=1S/C21H18N4O3S/c1-13-4-5-15(8-14(13)2)19-12-29-21(24-19)16(10-22)11-23-18-7-6-17(28-3)9-20(18)25(26)27/h4-9,11-12,23H,1-3H3. The van der Waals surface area contributed by atoms with E-state index in [1.165, 1.54) is 47.9 Å².